The smallest absolute Gasteiger partial charge is 0.228 e. The second-order valence-electron chi connectivity index (χ2n) is 8.60. The van der Waals surface area contributed by atoms with Gasteiger partial charge in [-0.05, 0) is 41.7 Å². The third-order valence-electron chi connectivity index (χ3n) is 6.62. The normalized spacial score (nSPS) is 20.9. The van der Waals surface area contributed by atoms with Crippen LogP contribution in [0.1, 0.15) is 49.8 Å². The number of rotatable bonds is 7. The molecule has 2 atom stereocenters. The van der Waals surface area contributed by atoms with Crippen molar-refractivity contribution < 1.29 is 14.3 Å². The lowest BCUT2D eigenvalue weighted by atomic mass is 9.91. The Labute approximate surface area is 190 Å². The minimum absolute atomic E-state index is 0.0788. The fourth-order valence-electron chi connectivity index (χ4n) is 4.84. The summed E-state index contributed by atoms with van der Waals surface area (Å²) in [5.74, 6) is 0.590. The summed E-state index contributed by atoms with van der Waals surface area (Å²) < 4.78 is 5.30. The zero-order valence-electron chi connectivity index (χ0n) is 19.0. The SMILES string of the molecule is CCCCN1C(=O)CC(C(=O)N2CC=C(c3ccccc3)CC2)C1c1ccc(OC)cc1. The van der Waals surface area contributed by atoms with Crippen LogP contribution in [-0.2, 0) is 9.59 Å². The lowest BCUT2D eigenvalue weighted by Gasteiger charge is -2.33. The topological polar surface area (TPSA) is 49.9 Å². The Bertz CT molecular complexity index is 968. The first-order valence-electron chi connectivity index (χ1n) is 11.6. The van der Waals surface area contributed by atoms with E-state index in [0.29, 0.717) is 19.6 Å². The van der Waals surface area contributed by atoms with Crippen molar-refractivity contribution in [2.24, 2.45) is 5.92 Å². The summed E-state index contributed by atoms with van der Waals surface area (Å²) in [5, 5.41) is 0. The quantitative estimate of drug-likeness (QED) is 0.637. The molecule has 168 valence electrons. The number of benzene rings is 2. The molecule has 2 aliphatic rings. The van der Waals surface area contributed by atoms with Gasteiger partial charge in [0, 0.05) is 26.1 Å². The van der Waals surface area contributed by atoms with E-state index in [1.165, 1.54) is 11.1 Å². The van der Waals surface area contributed by atoms with E-state index in [9.17, 15) is 9.59 Å². The Hall–Kier alpha value is -3.08. The first-order valence-corrected chi connectivity index (χ1v) is 11.6. The third kappa shape index (κ3) is 4.57. The minimum atomic E-state index is -0.348. The van der Waals surface area contributed by atoms with Crippen LogP contribution >= 0.6 is 0 Å². The molecule has 2 aromatic rings. The highest BCUT2D eigenvalue weighted by atomic mass is 16.5. The maximum atomic E-state index is 13.6. The predicted molar refractivity (Wildman–Crippen MR) is 126 cm³/mol. The summed E-state index contributed by atoms with van der Waals surface area (Å²) in [6, 6.07) is 17.9. The zero-order chi connectivity index (χ0) is 22.5. The molecule has 0 aliphatic carbocycles. The Morgan fingerprint density at radius 2 is 1.84 bits per heavy atom. The van der Waals surface area contributed by atoms with Crippen LogP contribution in [-0.4, -0.2) is 48.4 Å². The molecule has 0 spiro atoms. The van der Waals surface area contributed by atoms with E-state index in [4.69, 9.17) is 4.74 Å². The molecule has 2 unspecified atom stereocenters. The van der Waals surface area contributed by atoms with E-state index in [1.54, 1.807) is 7.11 Å². The molecule has 4 rings (SSSR count). The summed E-state index contributed by atoms with van der Waals surface area (Å²) in [5.41, 5.74) is 3.51. The zero-order valence-corrected chi connectivity index (χ0v) is 19.0. The van der Waals surface area contributed by atoms with Crippen molar-refractivity contribution in [3.05, 3.63) is 71.8 Å². The third-order valence-corrected chi connectivity index (χ3v) is 6.62. The van der Waals surface area contributed by atoms with Gasteiger partial charge in [-0.1, -0.05) is 61.9 Å². The highest BCUT2D eigenvalue weighted by molar-refractivity contribution is 5.91. The van der Waals surface area contributed by atoms with Crippen LogP contribution < -0.4 is 4.74 Å². The van der Waals surface area contributed by atoms with Gasteiger partial charge in [0.1, 0.15) is 5.75 Å². The van der Waals surface area contributed by atoms with Crippen LogP contribution in [0.25, 0.3) is 5.57 Å². The van der Waals surface area contributed by atoms with Crippen molar-refractivity contribution in [2.75, 3.05) is 26.7 Å². The number of ether oxygens (including phenoxy) is 1. The summed E-state index contributed by atoms with van der Waals surface area (Å²) in [6.07, 6.45) is 5.22. The average molecular weight is 433 g/mol. The van der Waals surface area contributed by atoms with E-state index < -0.39 is 0 Å². The second-order valence-corrected chi connectivity index (χ2v) is 8.60. The van der Waals surface area contributed by atoms with Gasteiger partial charge < -0.3 is 14.5 Å². The average Bonchev–Trinajstić information content (AvgIpc) is 3.18. The molecule has 1 fully saturated rings. The van der Waals surface area contributed by atoms with Crippen molar-refractivity contribution in [1.82, 2.24) is 9.80 Å². The Balaban J connectivity index is 1.55. The van der Waals surface area contributed by atoms with Gasteiger partial charge in [-0.15, -0.1) is 0 Å². The van der Waals surface area contributed by atoms with Crippen molar-refractivity contribution in [1.29, 1.82) is 0 Å². The van der Waals surface area contributed by atoms with Gasteiger partial charge in [0.2, 0.25) is 11.8 Å². The molecule has 0 radical (unpaired) electrons. The lowest BCUT2D eigenvalue weighted by Crippen LogP contribution is -2.41. The molecular formula is C27H32N2O3. The highest BCUT2D eigenvalue weighted by Gasteiger charge is 2.45. The summed E-state index contributed by atoms with van der Waals surface area (Å²) >= 11 is 0. The van der Waals surface area contributed by atoms with Crippen LogP contribution in [0.5, 0.6) is 5.75 Å². The number of likely N-dealkylation sites (tertiary alicyclic amines) is 1. The summed E-state index contributed by atoms with van der Waals surface area (Å²) in [6.45, 7) is 4.09. The van der Waals surface area contributed by atoms with E-state index in [2.05, 4.69) is 25.1 Å². The van der Waals surface area contributed by atoms with E-state index >= 15 is 0 Å². The van der Waals surface area contributed by atoms with Crippen molar-refractivity contribution in [3.8, 4) is 5.75 Å². The predicted octanol–water partition coefficient (Wildman–Crippen LogP) is 4.70. The van der Waals surface area contributed by atoms with Crippen LogP contribution in [0, 0.1) is 5.92 Å². The minimum Gasteiger partial charge on any atom is -0.497 e. The van der Waals surface area contributed by atoms with Crippen molar-refractivity contribution in [2.45, 2.75) is 38.6 Å². The molecule has 2 heterocycles. The fraction of sp³-hybridized carbons (Fsp3) is 0.407. The standard InChI is InChI=1S/C27H32N2O3/c1-3-4-16-29-25(30)19-24(26(29)22-10-12-23(32-2)13-11-22)27(31)28-17-14-21(15-18-28)20-8-6-5-7-9-20/h5-14,24,26H,3-4,15-19H2,1-2H3. The molecule has 1 saturated heterocycles. The van der Waals surface area contributed by atoms with E-state index in [1.807, 2.05) is 52.3 Å². The number of hydrogen-bond donors (Lipinski definition) is 0. The van der Waals surface area contributed by atoms with Gasteiger partial charge in [-0.3, -0.25) is 9.59 Å². The summed E-state index contributed by atoms with van der Waals surface area (Å²) in [7, 11) is 1.64. The molecule has 0 N–H and O–H groups in total. The number of carbonyl (C=O) groups excluding carboxylic acids is 2. The molecule has 0 bridgehead atoms. The van der Waals surface area contributed by atoms with Crippen LogP contribution in [0.15, 0.2) is 60.7 Å². The van der Waals surface area contributed by atoms with E-state index in [-0.39, 0.29) is 30.2 Å². The monoisotopic (exact) mass is 432 g/mol. The Kier molecular flexibility index (Phi) is 6.93. The summed E-state index contributed by atoms with van der Waals surface area (Å²) in [4.78, 5) is 30.4. The van der Waals surface area contributed by atoms with Gasteiger partial charge in [-0.2, -0.15) is 0 Å². The second kappa shape index (κ2) is 10.0. The molecule has 2 amide bonds. The van der Waals surface area contributed by atoms with Crippen molar-refractivity contribution in [3.63, 3.8) is 0 Å². The molecule has 32 heavy (non-hydrogen) atoms. The van der Waals surface area contributed by atoms with Crippen LogP contribution in [0.2, 0.25) is 0 Å². The molecule has 2 aliphatic heterocycles. The number of methoxy groups -OCH3 is 1. The number of carbonyl (C=O) groups is 2. The van der Waals surface area contributed by atoms with E-state index in [0.717, 1.165) is 30.6 Å². The number of amides is 2. The van der Waals surface area contributed by atoms with Crippen LogP contribution in [0.3, 0.4) is 0 Å². The molecule has 0 aromatic heterocycles. The largest absolute Gasteiger partial charge is 0.497 e. The van der Waals surface area contributed by atoms with Gasteiger partial charge in [0.05, 0.1) is 19.1 Å². The maximum Gasteiger partial charge on any atom is 0.228 e. The van der Waals surface area contributed by atoms with Gasteiger partial charge >= 0.3 is 0 Å². The fourth-order valence-corrected chi connectivity index (χ4v) is 4.84. The Morgan fingerprint density at radius 3 is 2.47 bits per heavy atom. The van der Waals surface area contributed by atoms with Gasteiger partial charge in [0.25, 0.3) is 0 Å². The molecular weight excluding hydrogens is 400 g/mol. The van der Waals surface area contributed by atoms with Crippen molar-refractivity contribution >= 4 is 17.4 Å². The Morgan fingerprint density at radius 1 is 1.09 bits per heavy atom. The lowest BCUT2D eigenvalue weighted by molar-refractivity contribution is -0.136. The molecule has 0 saturated carbocycles. The van der Waals surface area contributed by atoms with Crippen LogP contribution in [0.4, 0.5) is 0 Å². The van der Waals surface area contributed by atoms with Gasteiger partial charge in [0.15, 0.2) is 0 Å². The number of hydrogen-bond acceptors (Lipinski definition) is 3. The van der Waals surface area contributed by atoms with Gasteiger partial charge in [-0.25, -0.2) is 0 Å². The first-order chi connectivity index (χ1) is 15.6. The molecule has 2 aromatic carbocycles. The molecule has 5 nitrogen and oxygen atoms in total. The molecule has 5 heteroatoms. The first kappa shape index (κ1) is 22.1. The highest BCUT2D eigenvalue weighted by Crippen LogP contribution is 2.40. The number of nitrogens with zero attached hydrogens (tertiary/aromatic N) is 2. The number of unbranched alkanes of at least 4 members (excludes halogenated alkanes) is 1. The maximum absolute atomic E-state index is 13.6.